The normalized spacial score (nSPS) is 11.9. The first-order chi connectivity index (χ1) is 7.58. The summed E-state index contributed by atoms with van der Waals surface area (Å²) in [6.07, 6.45) is -0.644. The molecule has 0 unspecified atom stereocenters. The summed E-state index contributed by atoms with van der Waals surface area (Å²) < 4.78 is 9.85. The molecular weight excluding hydrogens is 224 g/mol. The van der Waals surface area contributed by atoms with Crippen LogP contribution in [0.25, 0.3) is 0 Å². The third-order valence-corrected chi connectivity index (χ3v) is 1.66. The van der Waals surface area contributed by atoms with Crippen LogP contribution in [0.4, 0.5) is 4.79 Å². The van der Waals surface area contributed by atoms with Gasteiger partial charge in [-0.3, -0.25) is 10.2 Å². The average Bonchev–Trinajstić information content (AvgIpc) is 2.12. The van der Waals surface area contributed by atoms with Gasteiger partial charge in [0.1, 0.15) is 11.1 Å². The Labute approximate surface area is 102 Å². The van der Waals surface area contributed by atoms with E-state index in [-0.39, 0.29) is 6.61 Å². The van der Waals surface area contributed by atoms with Crippen LogP contribution in [0.2, 0.25) is 0 Å². The maximum absolute atomic E-state index is 11.5. The minimum Gasteiger partial charge on any atom is -0.465 e. The van der Waals surface area contributed by atoms with Crippen LogP contribution < -0.4 is 10.9 Å². The Bertz CT molecular complexity index is 282. The van der Waals surface area contributed by atoms with Crippen molar-refractivity contribution < 1.29 is 19.1 Å². The number of hydrogen-bond acceptors (Lipinski definition) is 5. The zero-order chi connectivity index (χ0) is 13.7. The number of carbonyl (C=O) groups is 2. The van der Waals surface area contributed by atoms with Crippen LogP contribution in [0.3, 0.4) is 0 Å². The number of hydrogen-bond donors (Lipinski definition) is 2. The molecule has 0 rings (SSSR count). The monoisotopic (exact) mass is 246 g/mol. The Hall–Kier alpha value is -1.30. The highest BCUT2D eigenvalue weighted by atomic mass is 16.6. The first kappa shape index (κ1) is 15.7. The smallest absolute Gasteiger partial charge is 0.422 e. The van der Waals surface area contributed by atoms with Gasteiger partial charge in [0.25, 0.3) is 0 Å². The lowest BCUT2D eigenvalue weighted by molar-refractivity contribution is -0.150. The van der Waals surface area contributed by atoms with Crippen LogP contribution in [-0.2, 0) is 14.3 Å². The summed E-state index contributed by atoms with van der Waals surface area (Å²) in [5.74, 6) is -0.448. The number of rotatable bonds is 4. The number of esters is 1. The van der Waals surface area contributed by atoms with Gasteiger partial charge in [-0.1, -0.05) is 0 Å². The van der Waals surface area contributed by atoms with Gasteiger partial charge in [-0.25, -0.2) is 10.2 Å². The van der Waals surface area contributed by atoms with E-state index < -0.39 is 23.2 Å². The number of ether oxygens (including phenoxy) is 2. The molecule has 0 radical (unpaired) electrons. The molecule has 0 bridgehead atoms. The summed E-state index contributed by atoms with van der Waals surface area (Å²) in [5.41, 5.74) is 3.28. The fraction of sp³-hybridized carbons (Fsp3) is 0.818. The Kier molecular flexibility index (Phi) is 5.41. The summed E-state index contributed by atoms with van der Waals surface area (Å²) in [6.45, 7) is 10.5. The predicted molar refractivity (Wildman–Crippen MR) is 63.2 cm³/mol. The zero-order valence-corrected chi connectivity index (χ0v) is 11.3. The van der Waals surface area contributed by atoms with E-state index in [1.165, 1.54) is 0 Å². The minimum atomic E-state index is -1.01. The lowest BCUT2D eigenvalue weighted by atomic mass is 10.1. The van der Waals surface area contributed by atoms with Gasteiger partial charge in [-0.05, 0) is 41.5 Å². The molecule has 0 heterocycles. The molecule has 0 aromatic rings. The molecule has 0 aliphatic heterocycles. The Morgan fingerprint density at radius 2 is 1.65 bits per heavy atom. The van der Waals surface area contributed by atoms with Crippen molar-refractivity contribution in [3.8, 4) is 0 Å². The lowest BCUT2D eigenvalue weighted by Crippen LogP contribution is -2.56. The molecule has 0 spiro atoms. The molecule has 0 aliphatic rings. The van der Waals surface area contributed by atoms with Crippen LogP contribution in [-0.4, -0.2) is 29.8 Å². The number of hydrazine groups is 1. The average molecular weight is 246 g/mol. The predicted octanol–water partition coefficient (Wildman–Crippen LogP) is 1.36. The number of amides is 1. The van der Waals surface area contributed by atoms with Crippen LogP contribution in [0, 0.1) is 0 Å². The quantitative estimate of drug-likeness (QED) is 0.578. The molecule has 0 aromatic heterocycles. The fourth-order valence-electron chi connectivity index (χ4n) is 0.873. The highest BCUT2D eigenvalue weighted by molar-refractivity contribution is 5.80. The fourth-order valence-corrected chi connectivity index (χ4v) is 0.873. The third-order valence-electron chi connectivity index (χ3n) is 1.66. The van der Waals surface area contributed by atoms with Gasteiger partial charge < -0.3 is 9.47 Å². The van der Waals surface area contributed by atoms with Crippen molar-refractivity contribution in [3.05, 3.63) is 0 Å². The van der Waals surface area contributed by atoms with Gasteiger partial charge in [-0.15, -0.1) is 0 Å². The molecule has 17 heavy (non-hydrogen) atoms. The second-order valence-electron chi connectivity index (χ2n) is 5.10. The third kappa shape index (κ3) is 6.78. The molecule has 100 valence electrons. The van der Waals surface area contributed by atoms with Gasteiger partial charge >= 0.3 is 12.1 Å². The molecule has 0 aromatic carbocycles. The molecule has 6 heteroatoms. The van der Waals surface area contributed by atoms with E-state index in [0.29, 0.717) is 0 Å². The molecule has 0 atom stereocenters. The molecule has 6 nitrogen and oxygen atoms in total. The van der Waals surface area contributed by atoms with Gasteiger partial charge in [-0.2, -0.15) is 0 Å². The number of nitrogens with one attached hydrogen (secondary N) is 2. The largest absolute Gasteiger partial charge is 0.465 e. The molecule has 0 saturated carbocycles. The summed E-state index contributed by atoms with van der Waals surface area (Å²) in [4.78, 5) is 22.8. The van der Waals surface area contributed by atoms with Crippen LogP contribution in [0.15, 0.2) is 0 Å². The van der Waals surface area contributed by atoms with Crippen molar-refractivity contribution in [2.75, 3.05) is 6.61 Å². The van der Waals surface area contributed by atoms with Crippen molar-refractivity contribution in [1.82, 2.24) is 10.9 Å². The summed E-state index contributed by atoms with van der Waals surface area (Å²) in [7, 11) is 0. The topological polar surface area (TPSA) is 76.7 Å². The second-order valence-corrected chi connectivity index (χ2v) is 5.10. The highest BCUT2D eigenvalue weighted by Gasteiger charge is 2.30. The molecular formula is C11H22N2O4. The van der Waals surface area contributed by atoms with Crippen molar-refractivity contribution in [2.45, 2.75) is 52.7 Å². The summed E-state index contributed by atoms with van der Waals surface area (Å²) in [5, 5.41) is 0. The van der Waals surface area contributed by atoms with Gasteiger partial charge in [0, 0.05) is 0 Å². The summed E-state index contributed by atoms with van der Waals surface area (Å²) >= 11 is 0. The van der Waals surface area contributed by atoms with E-state index in [9.17, 15) is 9.59 Å². The van der Waals surface area contributed by atoms with E-state index in [1.807, 2.05) is 0 Å². The van der Waals surface area contributed by atoms with E-state index in [0.717, 1.165) is 0 Å². The molecule has 2 N–H and O–H groups in total. The Morgan fingerprint density at radius 3 is 2.06 bits per heavy atom. The highest BCUT2D eigenvalue weighted by Crippen LogP contribution is 2.07. The maximum Gasteiger partial charge on any atom is 0.422 e. The van der Waals surface area contributed by atoms with Crippen LogP contribution in [0.5, 0.6) is 0 Å². The standard InChI is InChI=1S/C11H22N2O4/c1-7-16-8(14)11(5,6)13-12-9(15)17-10(2,3)4/h13H,7H2,1-6H3,(H,12,15). The van der Waals surface area contributed by atoms with E-state index in [4.69, 9.17) is 9.47 Å². The molecule has 0 aliphatic carbocycles. The molecule has 0 fully saturated rings. The van der Waals surface area contributed by atoms with E-state index in [1.54, 1.807) is 41.5 Å². The molecule has 1 amide bonds. The van der Waals surface area contributed by atoms with Crippen molar-refractivity contribution in [3.63, 3.8) is 0 Å². The lowest BCUT2D eigenvalue weighted by Gasteiger charge is -2.25. The van der Waals surface area contributed by atoms with Crippen LogP contribution in [0.1, 0.15) is 41.5 Å². The first-order valence-electron chi connectivity index (χ1n) is 5.52. The molecule has 0 saturated heterocycles. The second kappa shape index (κ2) is 5.86. The van der Waals surface area contributed by atoms with Crippen molar-refractivity contribution in [2.24, 2.45) is 0 Å². The van der Waals surface area contributed by atoms with E-state index >= 15 is 0 Å². The van der Waals surface area contributed by atoms with Crippen LogP contribution >= 0.6 is 0 Å². The van der Waals surface area contributed by atoms with Crippen molar-refractivity contribution >= 4 is 12.1 Å². The zero-order valence-electron chi connectivity index (χ0n) is 11.3. The summed E-state index contributed by atoms with van der Waals surface area (Å²) in [6, 6.07) is 0. The van der Waals surface area contributed by atoms with Gasteiger partial charge in [0.2, 0.25) is 0 Å². The SMILES string of the molecule is CCOC(=O)C(C)(C)NNC(=O)OC(C)(C)C. The van der Waals surface area contributed by atoms with Gasteiger partial charge in [0.15, 0.2) is 0 Å². The first-order valence-corrected chi connectivity index (χ1v) is 5.52. The van der Waals surface area contributed by atoms with Gasteiger partial charge in [0.05, 0.1) is 6.61 Å². The Morgan fingerprint density at radius 1 is 1.12 bits per heavy atom. The Balaban J connectivity index is 4.18. The number of carbonyl (C=O) groups excluding carboxylic acids is 2. The minimum absolute atomic E-state index is 0.288. The van der Waals surface area contributed by atoms with E-state index in [2.05, 4.69) is 10.9 Å². The van der Waals surface area contributed by atoms with Crippen molar-refractivity contribution in [1.29, 1.82) is 0 Å². The maximum atomic E-state index is 11.5.